The lowest BCUT2D eigenvalue weighted by molar-refractivity contribution is -0.133. The number of halogens is 2. The van der Waals surface area contributed by atoms with Gasteiger partial charge < -0.3 is 9.80 Å². The Hall–Kier alpha value is -2.51. The van der Waals surface area contributed by atoms with Crippen molar-refractivity contribution in [3.63, 3.8) is 0 Å². The van der Waals surface area contributed by atoms with Gasteiger partial charge in [0.05, 0.1) is 6.54 Å². The van der Waals surface area contributed by atoms with Gasteiger partial charge in [-0.2, -0.15) is 0 Å². The lowest BCUT2D eigenvalue weighted by atomic mass is 10.1. The first-order chi connectivity index (χ1) is 14.8. The lowest BCUT2D eigenvalue weighted by Gasteiger charge is -2.30. The fraction of sp³-hybridized carbons (Fsp3) is 0.250. The van der Waals surface area contributed by atoms with Crippen LogP contribution in [-0.2, 0) is 17.9 Å². The summed E-state index contributed by atoms with van der Waals surface area (Å²) >= 11 is 4.97. The van der Waals surface area contributed by atoms with E-state index in [1.807, 2.05) is 37.4 Å². The Morgan fingerprint density at radius 2 is 1.77 bits per heavy atom. The van der Waals surface area contributed by atoms with E-state index in [4.69, 9.17) is 0 Å². The fourth-order valence-corrected chi connectivity index (χ4v) is 4.27. The van der Waals surface area contributed by atoms with Gasteiger partial charge in [-0.25, -0.2) is 4.39 Å². The molecule has 0 aliphatic rings. The van der Waals surface area contributed by atoms with Gasteiger partial charge in [0, 0.05) is 27.5 Å². The summed E-state index contributed by atoms with van der Waals surface area (Å²) < 4.78 is 14.1. The molecule has 0 aliphatic heterocycles. The predicted octanol–water partition coefficient (Wildman–Crippen LogP) is 5.73. The molecule has 0 radical (unpaired) electrons. The summed E-state index contributed by atoms with van der Waals surface area (Å²) in [6.07, 6.45) is 0. The average Bonchev–Trinajstić information content (AvgIpc) is 3.25. The summed E-state index contributed by atoms with van der Waals surface area (Å²) in [5.41, 5.74) is 1.36. The van der Waals surface area contributed by atoms with Crippen molar-refractivity contribution in [3.05, 3.63) is 92.3 Å². The van der Waals surface area contributed by atoms with Crippen LogP contribution < -0.4 is 0 Å². The first-order valence-electron chi connectivity index (χ1n) is 9.94. The van der Waals surface area contributed by atoms with Gasteiger partial charge in [-0.3, -0.25) is 9.59 Å². The molecule has 0 bridgehead atoms. The highest BCUT2D eigenvalue weighted by Crippen LogP contribution is 2.18. The van der Waals surface area contributed by atoms with Crippen LogP contribution in [0.25, 0.3) is 0 Å². The van der Waals surface area contributed by atoms with Crippen molar-refractivity contribution in [3.8, 4) is 0 Å². The fourth-order valence-electron chi connectivity index (χ4n) is 3.16. The topological polar surface area (TPSA) is 40.6 Å². The molecular formula is C24H24BrFN2O2S. The number of hydrogen-bond donors (Lipinski definition) is 0. The quantitative estimate of drug-likeness (QED) is 0.394. The molecule has 1 aromatic heterocycles. The average molecular weight is 503 g/mol. The summed E-state index contributed by atoms with van der Waals surface area (Å²) in [6, 6.07) is 17.1. The van der Waals surface area contributed by atoms with E-state index in [2.05, 4.69) is 15.9 Å². The van der Waals surface area contributed by atoms with E-state index in [0.717, 1.165) is 14.9 Å². The van der Waals surface area contributed by atoms with E-state index in [1.54, 1.807) is 51.5 Å². The summed E-state index contributed by atoms with van der Waals surface area (Å²) in [5, 5.41) is 1.97. The number of carbonyl (C=O) groups is 2. The first kappa shape index (κ1) is 23.2. The Morgan fingerprint density at radius 1 is 1.03 bits per heavy atom. The minimum absolute atomic E-state index is 0.0322. The van der Waals surface area contributed by atoms with Gasteiger partial charge in [0.1, 0.15) is 12.4 Å². The largest absolute Gasteiger partial charge is 0.332 e. The van der Waals surface area contributed by atoms with E-state index in [1.165, 1.54) is 12.1 Å². The molecule has 3 aromatic rings. The van der Waals surface area contributed by atoms with Gasteiger partial charge in [0.25, 0.3) is 5.91 Å². The van der Waals surface area contributed by atoms with Crippen LogP contribution in [0, 0.1) is 5.82 Å². The summed E-state index contributed by atoms with van der Waals surface area (Å²) in [7, 11) is 0. The van der Waals surface area contributed by atoms with E-state index in [9.17, 15) is 14.0 Å². The second kappa shape index (κ2) is 10.7. The van der Waals surface area contributed by atoms with Gasteiger partial charge in [-0.05, 0) is 61.2 Å². The lowest BCUT2D eigenvalue weighted by Crippen LogP contribution is -2.45. The Balaban J connectivity index is 1.80. The standard InChI is InChI=1S/C24H24BrFN2O2S/c1-17(2)28(24(30)19-5-3-6-20(25)13-19)16-23(29)27(15-22-7-4-12-31-22)14-18-8-10-21(26)11-9-18/h3-13,17H,14-16H2,1-2H3. The number of hydrogen-bond acceptors (Lipinski definition) is 3. The molecule has 0 fully saturated rings. The van der Waals surface area contributed by atoms with Gasteiger partial charge in [-0.15, -0.1) is 11.3 Å². The maximum Gasteiger partial charge on any atom is 0.254 e. The van der Waals surface area contributed by atoms with Crippen molar-refractivity contribution in [2.75, 3.05) is 6.54 Å². The molecule has 1 heterocycles. The van der Waals surface area contributed by atoms with Gasteiger partial charge >= 0.3 is 0 Å². The summed E-state index contributed by atoms with van der Waals surface area (Å²) in [5.74, 6) is -0.664. The van der Waals surface area contributed by atoms with Crippen molar-refractivity contribution in [1.82, 2.24) is 9.80 Å². The smallest absolute Gasteiger partial charge is 0.254 e. The Morgan fingerprint density at radius 3 is 2.39 bits per heavy atom. The number of amides is 2. The van der Waals surface area contributed by atoms with Gasteiger partial charge in [0.2, 0.25) is 5.91 Å². The highest BCUT2D eigenvalue weighted by Gasteiger charge is 2.25. The minimum Gasteiger partial charge on any atom is -0.332 e. The van der Waals surface area contributed by atoms with Crippen LogP contribution in [0.1, 0.15) is 34.6 Å². The number of carbonyl (C=O) groups excluding carboxylic acids is 2. The normalized spacial score (nSPS) is 10.9. The Labute approximate surface area is 194 Å². The van der Waals surface area contributed by atoms with E-state index in [-0.39, 0.29) is 30.2 Å². The van der Waals surface area contributed by atoms with Gasteiger partial charge in [-0.1, -0.05) is 40.2 Å². The SMILES string of the molecule is CC(C)N(CC(=O)N(Cc1ccc(F)cc1)Cc1cccs1)C(=O)c1cccc(Br)c1. The molecule has 7 heteroatoms. The molecule has 0 N–H and O–H groups in total. The molecule has 0 spiro atoms. The molecule has 0 unspecified atom stereocenters. The second-order valence-corrected chi connectivity index (χ2v) is 9.44. The van der Waals surface area contributed by atoms with Crippen molar-refractivity contribution in [2.45, 2.75) is 33.0 Å². The van der Waals surface area contributed by atoms with E-state index >= 15 is 0 Å². The molecule has 3 rings (SSSR count). The Kier molecular flexibility index (Phi) is 7.98. The summed E-state index contributed by atoms with van der Waals surface area (Å²) in [4.78, 5) is 30.8. The van der Waals surface area contributed by atoms with Gasteiger partial charge in [0.15, 0.2) is 0 Å². The summed E-state index contributed by atoms with van der Waals surface area (Å²) in [6.45, 7) is 4.54. The molecule has 2 aromatic carbocycles. The van der Waals surface area contributed by atoms with Crippen LogP contribution in [-0.4, -0.2) is 34.2 Å². The van der Waals surface area contributed by atoms with Crippen LogP contribution in [0.2, 0.25) is 0 Å². The third-order valence-corrected chi connectivity index (χ3v) is 6.18. The van der Waals surface area contributed by atoms with Crippen LogP contribution >= 0.6 is 27.3 Å². The van der Waals surface area contributed by atoms with Crippen LogP contribution in [0.5, 0.6) is 0 Å². The number of thiophene rings is 1. The molecule has 0 atom stereocenters. The van der Waals surface area contributed by atoms with E-state index < -0.39 is 0 Å². The first-order valence-corrected chi connectivity index (χ1v) is 11.6. The zero-order valence-corrected chi connectivity index (χ0v) is 19.8. The van der Waals surface area contributed by atoms with Crippen molar-refractivity contribution in [2.24, 2.45) is 0 Å². The third-order valence-electron chi connectivity index (χ3n) is 4.83. The maximum atomic E-state index is 13.3. The Bertz CT molecular complexity index is 1020. The molecule has 0 saturated heterocycles. The molecule has 2 amide bonds. The zero-order chi connectivity index (χ0) is 22.4. The molecule has 4 nitrogen and oxygen atoms in total. The monoisotopic (exact) mass is 502 g/mol. The van der Waals surface area contributed by atoms with E-state index in [0.29, 0.717) is 18.7 Å². The molecule has 0 aliphatic carbocycles. The highest BCUT2D eigenvalue weighted by molar-refractivity contribution is 9.10. The molecule has 0 saturated carbocycles. The van der Waals surface area contributed by atoms with Crippen molar-refractivity contribution >= 4 is 39.1 Å². The number of rotatable bonds is 8. The number of nitrogens with zero attached hydrogens (tertiary/aromatic N) is 2. The number of benzene rings is 2. The highest BCUT2D eigenvalue weighted by atomic mass is 79.9. The predicted molar refractivity (Wildman–Crippen MR) is 125 cm³/mol. The zero-order valence-electron chi connectivity index (χ0n) is 17.4. The molecule has 31 heavy (non-hydrogen) atoms. The molecule has 162 valence electrons. The maximum absolute atomic E-state index is 13.3. The van der Waals surface area contributed by atoms with Crippen molar-refractivity contribution in [1.29, 1.82) is 0 Å². The van der Waals surface area contributed by atoms with Crippen molar-refractivity contribution < 1.29 is 14.0 Å². The second-order valence-electron chi connectivity index (χ2n) is 7.49. The van der Waals surface area contributed by atoms with Crippen LogP contribution in [0.3, 0.4) is 0 Å². The van der Waals surface area contributed by atoms with Crippen LogP contribution in [0.15, 0.2) is 70.5 Å². The third kappa shape index (κ3) is 6.48. The molecular weight excluding hydrogens is 479 g/mol. The van der Waals surface area contributed by atoms with Crippen LogP contribution in [0.4, 0.5) is 4.39 Å². The minimum atomic E-state index is -0.314.